The van der Waals surface area contributed by atoms with E-state index in [1.54, 1.807) is 6.07 Å². The molecular weight excluding hydrogens is 308 g/mol. The van der Waals surface area contributed by atoms with Crippen LogP contribution < -0.4 is 0 Å². The predicted molar refractivity (Wildman–Crippen MR) is 100 cm³/mol. The molecular formula is C23H16O2. The van der Waals surface area contributed by atoms with Gasteiger partial charge >= 0.3 is 0 Å². The fourth-order valence-electron chi connectivity index (χ4n) is 2.88. The number of carbonyl (C=O) groups is 1. The highest BCUT2D eigenvalue weighted by molar-refractivity contribution is 5.74. The second-order valence-corrected chi connectivity index (χ2v) is 5.84. The molecule has 120 valence electrons. The van der Waals surface area contributed by atoms with Gasteiger partial charge in [0.2, 0.25) is 0 Å². The van der Waals surface area contributed by atoms with Gasteiger partial charge in [-0.25, -0.2) is 0 Å². The quantitative estimate of drug-likeness (QED) is 0.425. The smallest absolute Gasteiger partial charge is 0.185 e. The normalized spacial score (nSPS) is 10.6. The maximum Gasteiger partial charge on any atom is 0.185 e. The molecule has 1 heterocycles. The van der Waals surface area contributed by atoms with E-state index >= 15 is 0 Å². The maximum atomic E-state index is 10.7. The Morgan fingerprint density at radius 2 is 1.00 bits per heavy atom. The number of furan rings is 1. The van der Waals surface area contributed by atoms with E-state index in [2.05, 4.69) is 48.5 Å². The van der Waals surface area contributed by atoms with Gasteiger partial charge in [-0.3, -0.25) is 4.79 Å². The van der Waals surface area contributed by atoms with E-state index in [1.807, 2.05) is 36.4 Å². The van der Waals surface area contributed by atoms with Crippen molar-refractivity contribution in [3.8, 4) is 33.6 Å². The molecule has 3 aromatic carbocycles. The van der Waals surface area contributed by atoms with Crippen LogP contribution >= 0.6 is 0 Å². The van der Waals surface area contributed by atoms with E-state index in [9.17, 15) is 4.79 Å². The minimum absolute atomic E-state index is 0.343. The number of hydrogen-bond donors (Lipinski definition) is 0. The van der Waals surface area contributed by atoms with Crippen LogP contribution in [-0.2, 0) is 0 Å². The predicted octanol–water partition coefficient (Wildman–Crippen LogP) is 6.09. The fraction of sp³-hybridized carbons (Fsp3) is 0. The summed E-state index contributed by atoms with van der Waals surface area (Å²) in [7, 11) is 0. The lowest BCUT2D eigenvalue weighted by atomic mass is 9.99. The first-order valence-corrected chi connectivity index (χ1v) is 8.15. The van der Waals surface area contributed by atoms with Crippen LogP contribution in [0.15, 0.2) is 95.4 Å². The molecule has 0 saturated heterocycles. The van der Waals surface area contributed by atoms with Crippen LogP contribution in [0.3, 0.4) is 0 Å². The van der Waals surface area contributed by atoms with Crippen LogP contribution in [0.1, 0.15) is 10.6 Å². The molecule has 0 aliphatic rings. The van der Waals surface area contributed by atoms with E-state index in [0.717, 1.165) is 11.1 Å². The molecule has 1 aromatic heterocycles. The van der Waals surface area contributed by atoms with Gasteiger partial charge in [0.15, 0.2) is 12.0 Å². The van der Waals surface area contributed by atoms with Crippen LogP contribution in [0.25, 0.3) is 33.6 Å². The standard InChI is InChI=1S/C23H16O2/c24-16-22-14-15-23(25-22)21-12-10-20(11-13-21)19-8-6-18(7-9-19)17-4-2-1-3-5-17/h1-16H. The Morgan fingerprint density at radius 1 is 0.520 bits per heavy atom. The third-order valence-electron chi connectivity index (χ3n) is 4.24. The highest BCUT2D eigenvalue weighted by Gasteiger charge is 2.05. The molecule has 0 spiro atoms. The molecule has 4 aromatic rings. The molecule has 0 amide bonds. The molecule has 0 saturated carbocycles. The van der Waals surface area contributed by atoms with Gasteiger partial charge in [0, 0.05) is 5.56 Å². The maximum absolute atomic E-state index is 10.7. The van der Waals surface area contributed by atoms with Crippen LogP contribution in [0, 0.1) is 0 Å². The first kappa shape index (κ1) is 15.2. The van der Waals surface area contributed by atoms with Crippen molar-refractivity contribution in [3.05, 3.63) is 96.8 Å². The summed E-state index contributed by atoms with van der Waals surface area (Å²) in [5, 5.41) is 0. The van der Waals surface area contributed by atoms with Crippen molar-refractivity contribution < 1.29 is 9.21 Å². The zero-order valence-corrected chi connectivity index (χ0v) is 13.6. The molecule has 4 rings (SSSR count). The van der Waals surface area contributed by atoms with Gasteiger partial charge in [-0.05, 0) is 34.4 Å². The highest BCUT2D eigenvalue weighted by Crippen LogP contribution is 2.28. The highest BCUT2D eigenvalue weighted by atomic mass is 16.3. The van der Waals surface area contributed by atoms with Gasteiger partial charge in [0.05, 0.1) is 0 Å². The Labute approximate surface area is 146 Å². The number of aldehydes is 1. The van der Waals surface area contributed by atoms with Crippen molar-refractivity contribution in [2.75, 3.05) is 0 Å². The van der Waals surface area contributed by atoms with Gasteiger partial charge in [-0.15, -0.1) is 0 Å². The summed E-state index contributed by atoms with van der Waals surface area (Å²) in [5.41, 5.74) is 5.69. The van der Waals surface area contributed by atoms with Gasteiger partial charge in [-0.2, -0.15) is 0 Å². The molecule has 0 unspecified atom stereocenters. The summed E-state index contributed by atoms with van der Waals surface area (Å²) >= 11 is 0. The van der Waals surface area contributed by atoms with Gasteiger partial charge in [-0.1, -0.05) is 78.9 Å². The first-order chi connectivity index (χ1) is 12.3. The van der Waals surface area contributed by atoms with E-state index < -0.39 is 0 Å². The number of benzene rings is 3. The van der Waals surface area contributed by atoms with Gasteiger partial charge in [0.1, 0.15) is 5.76 Å². The zero-order chi connectivity index (χ0) is 17.1. The molecule has 0 bridgehead atoms. The Hall–Kier alpha value is -3.39. The van der Waals surface area contributed by atoms with Crippen LogP contribution in [0.2, 0.25) is 0 Å². The lowest BCUT2D eigenvalue weighted by Gasteiger charge is -2.06. The summed E-state index contributed by atoms with van der Waals surface area (Å²) in [4.78, 5) is 10.7. The second kappa shape index (κ2) is 6.62. The SMILES string of the molecule is O=Cc1ccc(-c2ccc(-c3ccc(-c4ccccc4)cc3)cc2)o1. The molecule has 0 aliphatic carbocycles. The van der Waals surface area contributed by atoms with Gasteiger partial charge < -0.3 is 4.42 Å². The minimum Gasteiger partial charge on any atom is -0.453 e. The average Bonchev–Trinajstić information content (AvgIpc) is 3.18. The van der Waals surface area contributed by atoms with E-state index in [0.29, 0.717) is 17.8 Å². The Morgan fingerprint density at radius 3 is 1.48 bits per heavy atom. The molecule has 0 radical (unpaired) electrons. The van der Waals surface area contributed by atoms with Crippen molar-refractivity contribution in [1.82, 2.24) is 0 Å². The number of carbonyl (C=O) groups excluding carboxylic acids is 1. The van der Waals surface area contributed by atoms with Crippen molar-refractivity contribution in [2.45, 2.75) is 0 Å². The van der Waals surface area contributed by atoms with Crippen LogP contribution in [0.4, 0.5) is 0 Å². The Bertz CT molecular complexity index is 978. The summed E-state index contributed by atoms with van der Waals surface area (Å²) in [5.74, 6) is 1.05. The average molecular weight is 324 g/mol. The monoisotopic (exact) mass is 324 g/mol. The second-order valence-electron chi connectivity index (χ2n) is 5.84. The van der Waals surface area contributed by atoms with Crippen LogP contribution in [0.5, 0.6) is 0 Å². The molecule has 0 atom stereocenters. The Kier molecular flexibility index (Phi) is 4.01. The zero-order valence-electron chi connectivity index (χ0n) is 13.6. The van der Waals surface area contributed by atoms with Crippen molar-refractivity contribution in [2.24, 2.45) is 0 Å². The summed E-state index contributed by atoms with van der Waals surface area (Å²) in [6.07, 6.45) is 0.714. The van der Waals surface area contributed by atoms with Crippen LogP contribution in [-0.4, -0.2) is 6.29 Å². The topological polar surface area (TPSA) is 30.2 Å². The molecule has 0 N–H and O–H groups in total. The number of rotatable bonds is 4. The van der Waals surface area contributed by atoms with E-state index in [1.165, 1.54) is 16.7 Å². The summed E-state index contributed by atoms with van der Waals surface area (Å²) in [6, 6.07) is 30.5. The van der Waals surface area contributed by atoms with Crippen molar-refractivity contribution >= 4 is 6.29 Å². The molecule has 0 fully saturated rings. The molecule has 25 heavy (non-hydrogen) atoms. The molecule has 2 nitrogen and oxygen atoms in total. The third-order valence-corrected chi connectivity index (χ3v) is 4.24. The van der Waals surface area contributed by atoms with Crippen molar-refractivity contribution in [3.63, 3.8) is 0 Å². The van der Waals surface area contributed by atoms with Gasteiger partial charge in [0.25, 0.3) is 0 Å². The third kappa shape index (κ3) is 3.15. The first-order valence-electron chi connectivity index (χ1n) is 8.15. The summed E-state index contributed by atoms with van der Waals surface area (Å²) in [6.45, 7) is 0. The Balaban J connectivity index is 1.58. The molecule has 0 aliphatic heterocycles. The lowest BCUT2D eigenvalue weighted by molar-refractivity contribution is 0.110. The fourth-order valence-corrected chi connectivity index (χ4v) is 2.88. The number of hydrogen-bond acceptors (Lipinski definition) is 2. The van der Waals surface area contributed by atoms with Crippen molar-refractivity contribution in [1.29, 1.82) is 0 Å². The summed E-state index contributed by atoms with van der Waals surface area (Å²) < 4.78 is 5.46. The molecule has 2 heteroatoms. The largest absolute Gasteiger partial charge is 0.453 e. The minimum atomic E-state index is 0.343. The van der Waals surface area contributed by atoms with E-state index in [-0.39, 0.29) is 0 Å². The van der Waals surface area contributed by atoms with E-state index in [4.69, 9.17) is 4.42 Å². The lowest BCUT2D eigenvalue weighted by Crippen LogP contribution is -1.81.